The lowest BCUT2D eigenvalue weighted by molar-refractivity contribution is -0.138. The van der Waals surface area contributed by atoms with Crippen LogP contribution in [0.2, 0.25) is 0 Å². The van der Waals surface area contributed by atoms with Gasteiger partial charge >= 0.3 is 5.97 Å². The van der Waals surface area contributed by atoms with Gasteiger partial charge in [-0.1, -0.05) is 6.07 Å². The summed E-state index contributed by atoms with van der Waals surface area (Å²) >= 11 is 0. The molecule has 0 fully saturated rings. The molecule has 1 unspecified atom stereocenters. The summed E-state index contributed by atoms with van der Waals surface area (Å²) in [6.07, 6.45) is 0. The molecule has 1 aromatic rings. The fourth-order valence-corrected chi connectivity index (χ4v) is 1.61. The molecular formula is C11H12O4. The number of hydrogen-bond acceptors (Lipinski definition) is 3. The molecule has 0 spiro atoms. The van der Waals surface area contributed by atoms with Crippen molar-refractivity contribution < 1.29 is 19.4 Å². The van der Waals surface area contributed by atoms with Crippen molar-refractivity contribution in [2.45, 2.75) is 19.8 Å². The van der Waals surface area contributed by atoms with Gasteiger partial charge in [0, 0.05) is 0 Å². The summed E-state index contributed by atoms with van der Waals surface area (Å²) in [5.41, 5.74) is 1.65. The highest BCUT2D eigenvalue weighted by Gasteiger charge is 2.21. The monoisotopic (exact) mass is 208 g/mol. The van der Waals surface area contributed by atoms with Crippen LogP contribution in [0.3, 0.4) is 0 Å². The Morgan fingerprint density at radius 3 is 2.87 bits per heavy atom. The first-order valence-corrected chi connectivity index (χ1v) is 4.72. The maximum Gasteiger partial charge on any atom is 0.310 e. The van der Waals surface area contributed by atoms with Crippen LogP contribution < -0.4 is 9.47 Å². The third-order valence-electron chi connectivity index (χ3n) is 2.55. The van der Waals surface area contributed by atoms with Crippen LogP contribution in [0.1, 0.15) is 24.0 Å². The van der Waals surface area contributed by atoms with Crippen LogP contribution in [0.5, 0.6) is 11.5 Å². The number of carboxylic acid groups (broad SMARTS) is 1. The van der Waals surface area contributed by atoms with Gasteiger partial charge in [0.1, 0.15) is 0 Å². The standard InChI is InChI=1S/C11H12O4/c1-6-3-8(7(2)11(12)13)4-9-10(6)15-5-14-9/h3-4,7H,5H2,1-2H3,(H,12,13). The molecule has 0 amide bonds. The summed E-state index contributed by atoms with van der Waals surface area (Å²) in [6.45, 7) is 3.74. The van der Waals surface area contributed by atoms with Gasteiger partial charge in [0.25, 0.3) is 0 Å². The molecule has 0 aromatic heterocycles. The zero-order valence-corrected chi connectivity index (χ0v) is 8.61. The number of carboxylic acids is 1. The number of ether oxygens (including phenoxy) is 2. The summed E-state index contributed by atoms with van der Waals surface area (Å²) in [7, 11) is 0. The molecule has 0 bridgehead atoms. The first-order valence-electron chi connectivity index (χ1n) is 4.72. The molecule has 80 valence electrons. The summed E-state index contributed by atoms with van der Waals surface area (Å²) in [5, 5.41) is 8.90. The minimum absolute atomic E-state index is 0.209. The van der Waals surface area contributed by atoms with Crippen molar-refractivity contribution in [3.8, 4) is 11.5 Å². The van der Waals surface area contributed by atoms with Crippen LogP contribution in [0.25, 0.3) is 0 Å². The minimum Gasteiger partial charge on any atom is -0.481 e. The van der Waals surface area contributed by atoms with Crippen LogP contribution in [0, 0.1) is 6.92 Å². The van der Waals surface area contributed by atoms with Crippen LogP contribution >= 0.6 is 0 Å². The van der Waals surface area contributed by atoms with E-state index in [1.165, 1.54) is 0 Å². The van der Waals surface area contributed by atoms with Crippen molar-refractivity contribution >= 4 is 5.97 Å². The molecule has 1 aliphatic rings. The summed E-state index contributed by atoms with van der Waals surface area (Å²) in [6, 6.07) is 3.56. The minimum atomic E-state index is -0.840. The number of aliphatic carboxylic acids is 1. The number of carbonyl (C=O) groups is 1. The highest BCUT2D eigenvalue weighted by molar-refractivity contribution is 5.76. The third-order valence-corrected chi connectivity index (χ3v) is 2.55. The zero-order chi connectivity index (χ0) is 11.0. The molecule has 0 aliphatic carbocycles. The Labute approximate surface area is 87.4 Å². The molecule has 0 radical (unpaired) electrons. The highest BCUT2D eigenvalue weighted by atomic mass is 16.7. The molecule has 4 heteroatoms. The molecule has 2 rings (SSSR count). The van der Waals surface area contributed by atoms with E-state index in [1.807, 2.05) is 13.0 Å². The molecule has 4 nitrogen and oxygen atoms in total. The number of benzene rings is 1. The summed E-state index contributed by atoms with van der Waals surface area (Å²) in [4.78, 5) is 10.8. The van der Waals surface area contributed by atoms with Crippen LogP contribution in [-0.2, 0) is 4.79 Å². The number of rotatable bonds is 2. The van der Waals surface area contributed by atoms with Gasteiger partial charge in [0.2, 0.25) is 6.79 Å². The molecule has 1 aliphatic heterocycles. The lowest BCUT2D eigenvalue weighted by Crippen LogP contribution is -2.07. The predicted octanol–water partition coefficient (Wildman–Crippen LogP) is 1.91. The third kappa shape index (κ3) is 1.63. The van der Waals surface area contributed by atoms with Gasteiger partial charge < -0.3 is 14.6 Å². The van der Waals surface area contributed by atoms with Gasteiger partial charge in [-0.2, -0.15) is 0 Å². The van der Waals surface area contributed by atoms with Gasteiger partial charge in [0.05, 0.1) is 5.92 Å². The van der Waals surface area contributed by atoms with E-state index < -0.39 is 11.9 Å². The van der Waals surface area contributed by atoms with Crippen molar-refractivity contribution in [1.82, 2.24) is 0 Å². The van der Waals surface area contributed by atoms with E-state index in [9.17, 15) is 4.79 Å². The quantitative estimate of drug-likeness (QED) is 0.806. The molecule has 15 heavy (non-hydrogen) atoms. The van der Waals surface area contributed by atoms with Gasteiger partial charge in [-0.25, -0.2) is 0 Å². The van der Waals surface area contributed by atoms with E-state index in [-0.39, 0.29) is 6.79 Å². The Balaban J connectivity index is 2.43. The average Bonchev–Trinajstić information content (AvgIpc) is 2.64. The van der Waals surface area contributed by atoms with Crippen molar-refractivity contribution in [2.24, 2.45) is 0 Å². The highest BCUT2D eigenvalue weighted by Crippen LogP contribution is 2.38. The maximum atomic E-state index is 10.8. The lowest BCUT2D eigenvalue weighted by atomic mass is 9.98. The Morgan fingerprint density at radius 2 is 2.20 bits per heavy atom. The molecular weight excluding hydrogens is 196 g/mol. The first kappa shape index (κ1) is 9.83. The molecule has 1 heterocycles. The van der Waals surface area contributed by atoms with E-state index in [0.29, 0.717) is 5.75 Å². The van der Waals surface area contributed by atoms with Crippen LogP contribution in [0.15, 0.2) is 12.1 Å². The lowest BCUT2D eigenvalue weighted by Gasteiger charge is -2.09. The van der Waals surface area contributed by atoms with Gasteiger partial charge in [-0.05, 0) is 31.0 Å². The number of hydrogen-bond donors (Lipinski definition) is 1. The molecule has 1 N–H and O–H groups in total. The van der Waals surface area contributed by atoms with Crippen molar-refractivity contribution in [3.05, 3.63) is 23.3 Å². The molecule has 1 aromatic carbocycles. The molecule has 1 atom stereocenters. The van der Waals surface area contributed by atoms with Crippen molar-refractivity contribution in [1.29, 1.82) is 0 Å². The average molecular weight is 208 g/mol. The van der Waals surface area contributed by atoms with Crippen LogP contribution in [0.4, 0.5) is 0 Å². The smallest absolute Gasteiger partial charge is 0.310 e. The summed E-state index contributed by atoms with van der Waals surface area (Å²) in [5.74, 6) is -0.0131. The Kier molecular flexibility index (Phi) is 2.26. The van der Waals surface area contributed by atoms with Crippen molar-refractivity contribution in [3.63, 3.8) is 0 Å². The zero-order valence-electron chi connectivity index (χ0n) is 8.61. The Hall–Kier alpha value is -1.71. The maximum absolute atomic E-state index is 10.8. The van der Waals surface area contributed by atoms with E-state index in [1.54, 1.807) is 13.0 Å². The SMILES string of the molecule is Cc1cc(C(C)C(=O)O)cc2c1OCO2. The molecule has 0 saturated heterocycles. The Morgan fingerprint density at radius 1 is 1.47 bits per heavy atom. The number of fused-ring (bicyclic) bond motifs is 1. The number of aryl methyl sites for hydroxylation is 1. The summed E-state index contributed by atoms with van der Waals surface area (Å²) < 4.78 is 10.5. The van der Waals surface area contributed by atoms with Gasteiger partial charge in [0.15, 0.2) is 11.5 Å². The van der Waals surface area contributed by atoms with Crippen molar-refractivity contribution in [2.75, 3.05) is 6.79 Å². The van der Waals surface area contributed by atoms with E-state index in [2.05, 4.69) is 0 Å². The fourth-order valence-electron chi connectivity index (χ4n) is 1.61. The molecule has 0 saturated carbocycles. The van der Waals surface area contributed by atoms with E-state index >= 15 is 0 Å². The van der Waals surface area contributed by atoms with Crippen LogP contribution in [-0.4, -0.2) is 17.9 Å². The predicted molar refractivity (Wildman–Crippen MR) is 53.4 cm³/mol. The Bertz CT molecular complexity index is 411. The van der Waals surface area contributed by atoms with Gasteiger partial charge in [-0.15, -0.1) is 0 Å². The normalized spacial score (nSPS) is 15.1. The second-order valence-electron chi connectivity index (χ2n) is 3.63. The first-order chi connectivity index (χ1) is 7.09. The topological polar surface area (TPSA) is 55.8 Å². The van der Waals surface area contributed by atoms with E-state index in [4.69, 9.17) is 14.6 Å². The van der Waals surface area contributed by atoms with Gasteiger partial charge in [-0.3, -0.25) is 4.79 Å². The second-order valence-corrected chi connectivity index (χ2v) is 3.63. The largest absolute Gasteiger partial charge is 0.481 e. The van der Waals surface area contributed by atoms with E-state index in [0.717, 1.165) is 16.9 Å². The fraction of sp³-hybridized carbons (Fsp3) is 0.364. The second kappa shape index (κ2) is 3.46.